The summed E-state index contributed by atoms with van der Waals surface area (Å²) in [6.07, 6.45) is 4.86. The quantitative estimate of drug-likeness (QED) is 0.730. The minimum Gasteiger partial charge on any atom is -0.352 e. The zero-order valence-corrected chi connectivity index (χ0v) is 9.41. The third-order valence-electron chi connectivity index (χ3n) is 4.35. The Labute approximate surface area is 91.2 Å². The van der Waals surface area contributed by atoms with E-state index >= 15 is 0 Å². The van der Waals surface area contributed by atoms with E-state index in [0.717, 1.165) is 31.3 Å². The van der Waals surface area contributed by atoms with Crippen LogP contribution in [0.2, 0.25) is 0 Å². The maximum absolute atomic E-state index is 11.9. The molecule has 1 heterocycles. The summed E-state index contributed by atoms with van der Waals surface area (Å²) < 4.78 is 0. The van der Waals surface area contributed by atoms with Gasteiger partial charge in [-0.2, -0.15) is 0 Å². The van der Waals surface area contributed by atoms with Gasteiger partial charge in [-0.05, 0) is 51.1 Å². The Hall–Kier alpha value is -0.570. The highest BCUT2D eigenvalue weighted by Gasteiger charge is 2.48. The Morgan fingerprint density at radius 1 is 1.27 bits per heavy atom. The Morgan fingerprint density at radius 3 is 2.60 bits per heavy atom. The van der Waals surface area contributed by atoms with E-state index in [-0.39, 0.29) is 0 Å². The molecule has 1 aliphatic heterocycles. The molecule has 84 valence electrons. The molecular weight excluding hydrogens is 188 g/mol. The van der Waals surface area contributed by atoms with Crippen molar-refractivity contribution in [3.8, 4) is 0 Å². The van der Waals surface area contributed by atoms with Crippen LogP contribution >= 0.6 is 0 Å². The molecule has 0 spiro atoms. The van der Waals surface area contributed by atoms with Crippen LogP contribution in [0.4, 0.5) is 0 Å². The summed E-state index contributed by atoms with van der Waals surface area (Å²) in [6.45, 7) is 2.16. The summed E-state index contributed by atoms with van der Waals surface area (Å²) in [5.41, 5.74) is 0. The molecule has 0 aromatic carbocycles. The third-order valence-corrected chi connectivity index (χ3v) is 4.35. The number of rotatable bonds is 2. The topological polar surface area (TPSA) is 32.3 Å². The lowest BCUT2D eigenvalue weighted by Gasteiger charge is -2.17. The first-order chi connectivity index (χ1) is 7.22. The molecule has 2 aliphatic carbocycles. The van der Waals surface area contributed by atoms with Gasteiger partial charge in [0.25, 0.3) is 0 Å². The summed E-state index contributed by atoms with van der Waals surface area (Å²) in [7, 11) is 2.12. The first-order valence-corrected chi connectivity index (χ1v) is 6.21. The van der Waals surface area contributed by atoms with Gasteiger partial charge in [0.05, 0.1) is 0 Å². The number of fused-ring (bicyclic) bond motifs is 1. The number of carbonyl (C=O) groups excluding carboxylic acids is 1. The van der Waals surface area contributed by atoms with Gasteiger partial charge in [-0.15, -0.1) is 0 Å². The number of hydrogen-bond donors (Lipinski definition) is 1. The van der Waals surface area contributed by atoms with E-state index in [0.29, 0.717) is 17.9 Å². The van der Waals surface area contributed by atoms with E-state index in [1.807, 2.05) is 0 Å². The first-order valence-electron chi connectivity index (χ1n) is 6.21. The molecule has 3 unspecified atom stereocenters. The fraction of sp³-hybridized carbons (Fsp3) is 0.917. The average molecular weight is 208 g/mol. The lowest BCUT2D eigenvalue weighted by molar-refractivity contribution is -0.125. The summed E-state index contributed by atoms with van der Waals surface area (Å²) in [5.74, 6) is 2.50. The standard InChI is InChI=1S/C12H20N2O/c1-14-3-2-11(7-14)13-12(15)10-5-8-4-9(8)6-10/h8-11H,2-7H2,1H3,(H,13,15). The fourth-order valence-electron chi connectivity index (χ4n) is 3.30. The second-order valence-corrected chi connectivity index (χ2v) is 5.68. The van der Waals surface area contributed by atoms with Crippen molar-refractivity contribution < 1.29 is 4.79 Å². The van der Waals surface area contributed by atoms with E-state index in [2.05, 4.69) is 17.3 Å². The van der Waals surface area contributed by atoms with Gasteiger partial charge in [-0.25, -0.2) is 0 Å². The number of amides is 1. The minimum atomic E-state index is 0.336. The number of nitrogens with one attached hydrogen (secondary N) is 1. The van der Waals surface area contributed by atoms with Gasteiger partial charge in [0.1, 0.15) is 0 Å². The van der Waals surface area contributed by atoms with Gasteiger partial charge in [-0.1, -0.05) is 0 Å². The molecule has 3 fully saturated rings. The predicted octanol–water partition coefficient (Wildman–Crippen LogP) is 0.853. The second-order valence-electron chi connectivity index (χ2n) is 5.68. The molecule has 3 heteroatoms. The molecular formula is C12H20N2O. The molecule has 1 N–H and O–H groups in total. The average Bonchev–Trinajstić information content (AvgIpc) is 2.61. The van der Waals surface area contributed by atoms with Crippen molar-refractivity contribution in [2.24, 2.45) is 17.8 Å². The smallest absolute Gasteiger partial charge is 0.223 e. The SMILES string of the molecule is CN1CCC(NC(=O)C2CC3CC3C2)C1. The monoisotopic (exact) mass is 208 g/mol. The molecule has 3 rings (SSSR count). The van der Waals surface area contributed by atoms with E-state index in [9.17, 15) is 4.79 Å². The van der Waals surface area contributed by atoms with Gasteiger partial charge in [0.2, 0.25) is 5.91 Å². The van der Waals surface area contributed by atoms with Crippen molar-refractivity contribution in [3.05, 3.63) is 0 Å². The highest BCUT2D eigenvalue weighted by molar-refractivity contribution is 5.79. The number of likely N-dealkylation sites (tertiary alicyclic amines) is 1. The Balaban J connectivity index is 1.48. The molecule has 0 bridgehead atoms. The van der Waals surface area contributed by atoms with Gasteiger partial charge in [0.15, 0.2) is 0 Å². The van der Waals surface area contributed by atoms with Crippen molar-refractivity contribution >= 4 is 5.91 Å². The van der Waals surface area contributed by atoms with E-state index in [1.165, 1.54) is 19.3 Å². The zero-order valence-electron chi connectivity index (χ0n) is 9.41. The molecule has 0 aromatic heterocycles. The van der Waals surface area contributed by atoms with E-state index < -0.39 is 0 Å². The Bertz CT molecular complexity index is 269. The van der Waals surface area contributed by atoms with Gasteiger partial charge >= 0.3 is 0 Å². The van der Waals surface area contributed by atoms with Crippen LogP contribution in [-0.4, -0.2) is 37.0 Å². The number of carbonyl (C=O) groups is 1. The van der Waals surface area contributed by atoms with Crippen LogP contribution < -0.4 is 5.32 Å². The number of nitrogens with zero attached hydrogens (tertiary/aromatic N) is 1. The summed E-state index contributed by atoms with van der Waals surface area (Å²) in [4.78, 5) is 14.2. The van der Waals surface area contributed by atoms with Gasteiger partial charge in [0, 0.05) is 18.5 Å². The molecule has 1 amide bonds. The lowest BCUT2D eigenvalue weighted by atomic mass is 10.0. The summed E-state index contributed by atoms with van der Waals surface area (Å²) in [6, 6.07) is 0.416. The number of hydrogen-bond acceptors (Lipinski definition) is 2. The van der Waals surface area contributed by atoms with Gasteiger partial charge < -0.3 is 10.2 Å². The van der Waals surface area contributed by atoms with Crippen molar-refractivity contribution in [1.82, 2.24) is 10.2 Å². The van der Waals surface area contributed by atoms with Crippen LogP contribution in [0.25, 0.3) is 0 Å². The van der Waals surface area contributed by atoms with Crippen LogP contribution in [0, 0.1) is 17.8 Å². The van der Waals surface area contributed by atoms with Crippen molar-refractivity contribution in [2.45, 2.75) is 31.7 Å². The maximum atomic E-state index is 11.9. The van der Waals surface area contributed by atoms with Crippen LogP contribution in [-0.2, 0) is 4.79 Å². The molecule has 0 aromatic rings. The molecule has 2 saturated carbocycles. The summed E-state index contributed by atoms with van der Waals surface area (Å²) in [5, 5.41) is 3.21. The zero-order chi connectivity index (χ0) is 10.4. The first kappa shape index (κ1) is 9.64. The van der Waals surface area contributed by atoms with Gasteiger partial charge in [-0.3, -0.25) is 4.79 Å². The molecule has 3 atom stereocenters. The maximum Gasteiger partial charge on any atom is 0.223 e. The van der Waals surface area contributed by atoms with Crippen LogP contribution in [0.3, 0.4) is 0 Å². The minimum absolute atomic E-state index is 0.336. The van der Waals surface area contributed by atoms with Crippen molar-refractivity contribution in [1.29, 1.82) is 0 Å². The fourth-order valence-corrected chi connectivity index (χ4v) is 3.30. The third kappa shape index (κ3) is 1.89. The second kappa shape index (κ2) is 3.48. The van der Waals surface area contributed by atoms with Crippen LogP contribution in [0.15, 0.2) is 0 Å². The predicted molar refractivity (Wildman–Crippen MR) is 58.4 cm³/mol. The van der Waals surface area contributed by atoms with E-state index in [1.54, 1.807) is 0 Å². The normalized spacial score (nSPS) is 44.1. The summed E-state index contributed by atoms with van der Waals surface area (Å²) >= 11 is 0. The molecule has 1 saturated heterocycles. The highest BCUT2D eigenvalue weighted by atomic mass is 16.2. The lowest BCUT2D eigenvalue weighted by Crippen LogP contribution is -2.39. The molecule has 3 nitrogen and oxygen atoms in total. The largest absolute Gasteiger partial charge is 0.352 e. The molecule has 15 heavy (non-hydrogen) atoms. The molecule has 3 aliphatic rings. The van der Waals surface area contributed by atoms with Crippen LogP contribution in [0.1, 0.15) is 25.7 Å². The Morgan fingerprint density at radius 2 is 2.00 bits per heavy atom. The Kier molecular flexibility index (Phi) is 2.23. The van der Waals surface area contributed by atoms with Crippen molar-refractivity contribution in [3.63, 3.8) is 0 Å². The van der Waals surface area contributed by atoms with E-state index in [4.69, 9.17) is 0 Å². The molecule has 0 radical (unpaired) electrons. The van der Waals surface area contributed by atoms with Crippen LogP contribution in [0.5, 0.6) is 0 Å². The highest BCUT2D eigenvalue weighted by Crippen LogP contribution is 2.54. The number of likely N-dealkylation sites (N-methyl/N-ethyl adjacent to an activating group) is 1. The van der Waals surface area contributed by atoms with Crippen molar-refractivity contribution in [2.75, 3.05) is 20.1 Å².